The first kappa shape index (κ1) is 22.7. The second-order valence-electron chi connectivity index (χ2n) is 8.46. The van der Waals surface area contributed by atoms with Gasteiger partial charge in [-0.05, 0) is 46.8 Å². The Kier molecular flexibility index (Phi) is 5.75. The van der Waals surface area contributed by atoms with E-state index in [2.05, 4.69) is 5.10 Å². The summed E-state index contributed by atoms with van der Waals surface area (Å²) in [6, 6.07) is 35.1. The Morgan fingerprint density at radius 3 is 2.24 bits per heavy atom. The first-order valence-electron chi connectivity index (χ1n) is 11.7. The minimum Gasteiger partial charge on any atom is -0.379 e. The van der Waals surface area contributed by atoms with Crippen molar-refractivity contribution in [3.8, 4) is 11.4 Å². The molecule has 0 saturated heterocycles. The lowest BCUT2D eigenvalue weighted by molar-refractivity contribution is 0.486. The molecule has 0 N–H and O–H groups in total. The summed E-state index contributed by atoms with van der Waals surface area (Å²) in [5.74, 6) is 0.236. The SMILES string of the molecule is O=S(=O)(Oc1ccccc1)c1cc(-n2nc3ccc4ccccc4c3n2)ccc1C=Cc1ccccc1. The Morgan fingerprint density at radius 1 is 0.703 bits per heavy atom. The van der Waals surface area contributed by atoms with E-state index in [9.17, 15) is 8.42 Å². The van der Waals surface area contributed by atoms with Gasteiger partial charge in [-0.2, -0.15) is 13.2 Å². The number of fused-ring (bicyclic) bond motifs is 3. The number of para-hydroxylation sites is 1. The van der Waals surface area contributed by atoms with E-state index in [-0.39, 0.29) is 10.6 Å². The third kappa shape index (κ3) is 4.60. The van der Waals surface area contributed by atoms with Crippen molar-refractivity contribution in [1.29, 1.82) is 0 Å². The molecule has 5 aromatic carbocycles. The van der Waals surface area contributed by atoms with Crippen molar-refractivity contribution < 1.29 is 12.6 Å². The number of rotatable bonds is 6. The molecule has 0 saturated carbocycles. The molecule has 0 bridgehead atoms. The Labute approximate surface area is 214 Å². The van der Waals surface area contributed by atoms with E-state index in [1.165, 1.54) is 4.80 Å². The second-order valence-corrected chi connectivity index (χ2v) is 9.98. The number of aromatic nitrogens is 3. The van der Waals surface area contributed by atoms with Gasteiger partial charge in [-0.25, -0.2) is 0 Å². The van der Waals surface area contributed by atoms with Gasteiger partial charge in [0.05, 0.1) is 5.69 Å². The molecule has 0 fully saturated rings. The highest BCUT2D eigenvalue weighted by atomic mass is 32.2. The third-order valence-electron chi connectivity index (χ3n) is 5.98. The summed E-state index contributed by atoms with van der Waals surface area (Å²) in [7, 11) is -4.16. The largest absolute Gasteiger partial charge is 0.379 e. The van der Waals surface area contributed by atoms with Gasteiger partial charge in [0.15, 0.2) is 0 Å². The lowest BCUT2D eigenvalue weighted by atomic mass is 10.1. The van der Waals surface area contributed by atoms with Crippen LogP contribution in [0, 0.1) is 0 Å². The zero-order valence-electron chi connectivity index (χ0n) is 19.6. The molecule has 180 valence electrons. The molecule has 1 aromatic heterocycles. The van der Waals surface area contributed by atoms with Crippen molar-refractivity contribution in [2.75, 3.05) is 0 Å². The minimum atomic E-state index is -4.16. The maximum Gasteiger partial charge on any atom is 0.339 e. The molecule has 0 amide bonds. The Balaban J connectivity index is 1.47. The monoisotopic (exact) mass is 503 g/mol. The highest BCUT2D eigenvalue weighted by Crippen LogP contribution is 2.27. The second kappa shape index (κ2) is 9.37. The molecule has 6 aromatic rings. The number of nitrogens with zero attached hydrogens (tertiary/aromatic N) is 3. The molecule has 0 spiro atoms. The zero-order chi connectivity index (χ0) is 25.2. The van der Waals surface area contributed by atoms with E-state index in [4.69, 9.17) is 9.28 Å². The van der Waals surface area contributed by atoms with E-state index in [1.807, 2.05) is 72.8 Å². The Hall–Kier alpha value is -4.75. The summed E-state index contributed by atoms with van der Waals surface area (Å²) in [6.07, 6.45) is 3.63. The van der Waals surface area contributed by atoms with Crippen molar-refractivity contribution in [2.45, 2.75) is 4.90 Å². The van der Waals surface area contributed by atoms with Gasteiger partial charge in [-0.1, -0.05) is 97.1 Å². The van der Waals surface area contributed by atoms with Crippen LogP contribution in [0.15, 0.2) is 120 Å². The minimum absolute atomic E-state index is 0.0206. The summed E-state index contributed by atoms with van der Waals surface area (Å²) in [5, 5.41) is 11.3. The molecule has 37 heavy (non-hydrogen) atoms. The van der Waals surface area contributed by atoms with Crippen LogP contribution in [0.25, 0.3) is 39.6 Å². The average Bonchev–Trinajstić information content (AvgIpc) is 3.38. The third-order valence-corrected chi connectivity index (χ3v) is 7.28. The topological polar surface area (TPSA) is 74.1 Å². The van der Waals surface area contributed by atoms with E-state index < -0.39 is 10.1 Å². The molecular formula is C30H21N3O3S. The van der Waals surface area contributed by atoms with Crippen LogP contribution in [0.5, 0.6) is 5.75 Å². The predicted octanol–water partition coefficient (Wildman–Crippen LogP) is 6.51. The maximum absolute atomic E-state index is 13.5. The van der Waals surface area contributed by atoms with Crippen LogP contribution in [0.2, 0.25) is 0 Å². The van der Waals surface area contributed by atoms with Gasteiger partial charge in [0, 0.05) is 5.39 Å². The quantitative estimate of drug-likeness (QED) is 0.191. The molecule has 7 heteroatoms. The fourth-order valence-electron chi connectivity index (χ4n) is 4.16. The van der Waals surface area contributed by atoms with Crippen molar-refractivity contribution in [2.24, 2.45) is 0 Å². The van der Waals surface area contributed by atoms with Gasteiger partial charge in [0.1, 0.15) is 21.7 Å². The normalized spacial score (nSPS) is 11.9. The highest BCUT2D eigenvalue weighted by Gasteiger charge is 2.22. The van der Waals surface area contributed by atoms with Crippen LogP contribution >= 0.6 is 0 Å². The smallest absolute Gasteiger partial charge is 0.339 e. The Bertz CT molecular complexity index is 1860. The fourth-order valence-corrected chi connectivity index (χ4v) is 5.31. The van der Waals surface area contributed by atoms with Gasteiger partial charge in [0.25, 0.3) is 0 Å². The van der Waals surface area contributed by atoms with Crippen LogP contribution in [-0.2, 0) is 10.1 Å². The molecular weight excluding hydrogens is 482 g/mol. The zero-order valence-corrected chi connectivity index (χ0v) is 20.4. The van der Waals surface area contributed by atoms with Crippen LogP contribution in [0.1, 0.15) is 11.1 Å². The molecule has 1 heterocycles. The predicted molar refractivity (Wildman–Crippen MR) is 146 cm³/mol. The van der Waals surface area contributed by atoms with Crippen LogP contribution in [0.4, 0.5) is 0 Å². The standard InChI is InChI=1S/C30H21N3O3S/c34-37(35,36-26-12-5-2-6-13-26)29-21-25(19-17-24(29)16-15-22-9-3-1-4-10-22)33-31-28-20-18-23-11-7-8-14-27(23)30(28)32-33/h1-21H. The summed E-state index contributed by atoms with van der Waals surface area (Å²) in [5.41, 5.74) is 3.41. The van der Waals surface area contributed by atoms with Gasteiger partial charge in [-0.3, -0.25) is 0 Å². The van der Waals surface area contributed by atoms with Crippen LogP contribution in [-0.4, -0.2) is 23.4 Å². The van der Waals surface area contributed by atoms with Gasteiger partial charge in [-0.15, -0.1) is 10.2 Å². The average molecular weight is 504 g/mol. The van der Waals surface area contributed by atoms with Crippen molar-refractivity contribution in [1.82, 2.24) is 15.0 Å². The first-order chi connectivity index (χ1) is 18.1. The van der Waals surface area contributed by atoms with Gasteiger partial charge in [0.2, 0.25) is 0 Å². The summed E-state index contributed by atoms with van der Waals surface area (Å²) in [6.45, 7) is 0. The highest BCUT2D eigenvalue weighted by molar-refractivity contribution is 7.87. The molecule has 6 nitrogen and oxygen atoms in total. The van der Waals surface area contributed by atoms with E-state index in [0.717, 1.165) is 27.4 Å². The molecule has 0 aliphatic heterocycles. The van der Waals surface area contributed by atoms with E-state index in [0.29, 0.717) is 11.3 Å². The lowest BCUT2D eigenvalue weighted by Gasteiger charge is -2.11. The molecule has 0 radical (unpaired) electrons. The van der Waals surface area contributed by atoms with Crippen LogP contribution < -0.4 is 4.18 Å². The van der Waals surface area contributed by atoms with E-state index >= 15 is 0 Å². The number of hydrogen-bond donors (Lipinski definition) is 0. The fraction of sp³-hybridized carbons (Fsp3) is 0. The van der Waals surface area contributed by atoms with E-state index in [1.54, 1.807) is 54.6 Å². The molecule has 0 unspecified atom stereocenters. The van der Waals surface area contributed by atoms with Gasteiger partial charge < -0.3 is 4.18 Å². The molecule has 6 rings (SSSR count). The number of benzene rings is 5. The molecule has 0 aliphatic carbocycles. The van der Waals surface area contributed by atoms with Crippen molar-refractivity contribution in [3.05, 3.63) is 126 Å². The maximum atomic E-state index is 13.5. The summed E-state index contributed by atoms with van der Waals surface area (Å²) in [4.78, 5) is 1.48. The summed E-state index contributed by atoms with van der Waals surface area (Å²) < 4.78 is 32.4. The van der Waals surface area contributed by atoms with Crippen molar-refractivity contribution in [3.63, 3.8) is 0 Å². The Morgan fingerprint density at radius 2 is 1.43 bits per heavy atom. The van der Waals surface area contributed by atoms with Crippen LogP contribution in [0.3, 0.4) is 0 Å². The molecule has 0 atom stereocenters. The number of hydrogen-bond acceptors (Lipinski definition) is 5. The first-order valence-corrected chi connectivity index (χ1v) is 13.1. The molecule has 0 aliphatic rings. The van der Waals surface area contributed by atoms with Crippen molar-refractivity contribution >= 4 is 44.1 Å². The van der Waals surface area contributed by atoms with Gasteiger partial charge >= 0.3 is 10.1 Å². The lowest BCUT2D eigenvalue weighted by Crippen LogP contribution is -2.12. The summed E-state index contributed by atoms with van der Waals surface area (Å²) >= 11 is 0.